The monoisotopic (exact) mass is 338 g/mol. The largest absolute Gasteiger partial charge is 0.493 e. The summed E-state index contributed by atoms with van der Waals surface area (Å²) < 4.78 is 48.3. The molecule has 6 heteroatoms. The van der Waals surface area contributed by atoms with Crippen molar-refractivity contribution in [3.8, 4) is 11.5 Å². The molecule has 0 unspecified atom stereocenters. The average Bonchev–Trinajstić information content (AvgIpc) is 2.58. The molecular weight excluding hydrogens is 321 g/mol. The van der Waals surface area contributed by atoms with Gasteiger partial charge in [-0.1, -0.05) is 18.2 Å². The molecule has 3 nitrogen and oxygen atoms in total. The molecular formula is C18H17F3O3. The lowest BCUT2D eigenvalue weighted by atomic mass is 10.0. The van der Waals surface area contributed by atoms with Crippen molar-refractivity contribution in [2.24, 2.45) is 0 Å². The van der Waals surface area contributed by atoms with E-state index in [0.29, 0.717) is 22.6 Å². The van der Waals surface area contributed by atoms with Gasteiger partial charge in [0.05, 0.1) is 19.8 Å². The summed E-state index contributed by atoms with van der Waals surface area (Å²) in [6, 6.07) is 9.80. The number of hydrogen-bond acceptors (Lipinski definition) is 3. The summed E-state index contributed by atoms with van der Waals surface area (Å²) in [5.74, 6) is 0.766. The van der Waals surface area contributed by atoms with E-state index < -0.39 is 11.7 Å². The van der Waals surface area contributed by atoms with Crippen molar-refractivity contribution in [2.75, 3.05) is 14.2 Å². The number of ketones is 1. The zero-order valence-corrected chi connectivity index (χ0v) is 13.3. The van der Waals surface area contributed by atoms with Crippen LogP contribution >= 0.6 is 0 Å². The van der Waals surface area contributed by atoms with Crippen molar-refractivity contribution in [2.45, 2.75) is 19.0 Å². The third kappa shape index (κ3) is 4.28. The van der Waals surface area contributed by atoms with Gasteiger partial charge in [-0.25, -0.2) is 0 Å². The molecule has 0 atom stereocenters. The Balaban J connectivity index is 2.08. The number of methoxy groups -OCH3 is 2. The molecule has 0 saturated heterocycles. The van der Waals surface area contributed by atoms with Gasteiger partial charge in [-0.2, -0.15) is 13.2 Å². The number of hydrogen-bond donors (Lipinski definition) is 0. The van der Waals surface area contributed by atoms with Crippen LogP contribution in [-0.4, -0.2) is 20.0 Å². The number of aryl methyl sites for hydroxylation is 1. The Kier molecular flexibility index (Phi) is 5.49. The Morgan fingerprint density at radius 3 is 2.33 bits per heavy atom. The van der Waals surface area contributed by atoms with Gasteiger partial charge in [0, 0.05) is 12.0 Å². The maximum atomic E-state index is 12.7. The van der Waals surface area contributed by atoms with E-state index >= 15 is 0 Å². The molecule has 0 radical (unpaired) electrons. The summed E-state index contributed by atoms with van der Waals surface area (Å²) in [6.45, 7) is 0. The summed E-state index contributed by atoms with van der Waals surface area (Å²) >= 11 is 0. The first-order valence-corrected chi connectivity index (χ1v) is 7.26. The minimum atomic E-state index is -4.39. The minimum Gasteiger partial charge on any atom is -0.493 e. The van der Waals surface area contributed by atoms with Gasteiger partial charge in [0.2, 0.25) is 0 Å². The van der Waals surface area contributed by atoms with Crippen molar-refractivity contribution in [1.29, 1.82) is 0 Å². The lowest BCUT2D eigenvalue weighted by Crippen LogP contribution is -2.06. The van der Waals surface area contributed by atoms with Gasteiger partial charge in [-0.3, -0.25) is 4.79 Å². The molecule has 2 aromatic rings. The standard InChI is InChI=1S/C18H17F3O3/c1-23-16-9-7-13(11-17(16)24-2)15(22)8-6-12-4-3-5-14(10-12)18(19,20)21/h3-5,7,9-11H,6,8H2,1-2H3. The van der Waals surface area contributed by atoms with Crippen LogP contribution in [-0.2, 0) is 12.6 Å². The second kappa shape index (κ2) is 7.38. The van der Waals surface area contributed by atoms with E-state index in [2.05, 4.69) is 0 Å². The number of ether oxygens (including phenoxy) is 2. The molecule has 0 N–H and O–H groups in total. The maximum absolute atomic E-state index is 12.7. The normalized spacial score (nSPS) is 11.2. The molecule has 24 heavy (non-hydrogen) atoms. The quantitative estimate of drug-likeness (QED) is 0.726. The molecule has 2 aromatic carbocycles. The zero-order valence-electron chi connectivity index (χ0n) is 13.3. The third-order valence-electron chi connectivity index (χ3n) is 3.60. The van der Waals surface area contributed by atoms with Gasteiger partial charge >= 0.3 is 6.18 Å². The van der Waals surface area contributed by atoms with E-state index in [1.165, 1.54) is 20.3 Å². The minimum absolute atomic E-state index is 0.108. The van der Waals surface area contributed by atoms with Crippen molar-refractivity contribution in [3.05, 3.63) is 59.2 Å². The predicted molar refractivity (Wildman–Crippen MR) is 83.6 cm³/mol. The molecule has 0 amide bonds. The van der Waals surface area contributed by atoms with Crippen LogP contribution in [0.2, 0.25) is 0 Å². The Morgan fingerprint density at radius 1 is 1.00 bits per heavy atom. The van der Waals surface area contributed by atoms with Crippen molar-refractivity contribution >= 4 is 5.78 Å². The van der Waals surface area contributed by atoms with E-state index in [4.69, 9.17) is 9.47 Å². The molecule has 0 aliphatic heterocycles. The SMILES string of the molecule is COc1ccc(C(=O)CCc2cccc(C(F)(F)F)c2)cc1OC. The van der Waals surface area contributed by atoms with Gasteiger partial charge in [-0.15, -0.1) is 0 Å². The van der Waals surface area contributed by atoms with Gasteiger partial charge in [0.1, 0.15) is 0 Å². The number of alkyl halides is 3. The number of Topliss-reactive ketones (excluding diaryl/α,β-unsaturated/α-hetero) is 1. The van der Waals surface area contributed by atoms with E-state index in [-0.39, 0.29) is 18.6 Å². The number of rotatable bonds is 6. The van der Waals surface area contributed by atoms with Gasteiger partial charge < -0.3 is 9.47 Å². The van der Waals surface area contributed by atoms with Crippen LogP contribution in [0, 0.1) is 0 Å². The average molecular weight is 338 g/mol. The molecule has 128 valence electrons. The number of halogens is 3. The van der Waals surface area contributed by atoms with Crippen LogP contribution in [0.4, 0.5) is 13.2 Å². The third-order valence-corrected chi connectivity index (χ3v) is 3.60. The lowest BCUT2D eigenvalue weighted by Gasteiger charge is -2.10. The fourth-order valence-electron chi connectivity index (χ4n) is 2.32. The Hall–Kier alpha value is -2.50. The van der Waals surface area contributed by atoms with E-state index in [9.17, 15) is 18.0 Å². The Bertz CT molecular complexity index is 724. The molecule has 0 saturated carbocycles. The fraction of sp³-hybridized carbons (Fsp3) is 0.278. The van der Waals surface area contributed by atoms with Crippen molar-refractivity contribution in [3.63, 3.8) is 0 Å². The zero-order chi connectivity index (χ0) is 17.7. The summed E-state index contributed by atoms with van der Waals surface area (Å²) in [7, 11) is 2.96. The predicted octanol–water partition coefficient (Wildman–Crippen LogP) is 4.54. The first-order valence-electron chi connectivity index (χ1n) is 7.26. The molecule has 0 bridgehead atoms. The molecule has 0 aliphatic carbocycles. The van der Waals surface area contributed by atoms with Crippen LogP contribution in [0.15, 0.2) is 42.5 Å². The van der Waals surface area contributed by atoms with Gasteiger partial charge in [-0.05, 0) is 36.2 Å². The Morgan fingerprint density at radius 2 is 1.71 bits per heavy atom. The number of benzene rings is 2. The summed E-state index contributed by atoms with van der Waals surface area (Å²) in [4.78, 5) is 12.2. The van der Waals surface area contributed by atoms with Gasteiger partial charge in [0.15, 0.2) is 17.3 Å². The van der Waals surface area contributed by atoms with Crippen LogP contribution in [0.5, 0.6) is 11.5 Å². The van der Waals surface area contributed by atoms with E-state index in [1.807, 2.05) is 0 Å². The lowest BCUT2D eigenvalue weighted by molar-refractivity contribution is -0.137. The summed E-state index contributed by atoms with van der Waals surface area (Å²) in [5.41, 5.74) is 0.192. The van der Waals surface area contributed by atoms with E-state index in [0.717, 1.165) is 12.1 Å². The van der Waals surface area contributed by atoms with Crippen LogP contribution < -0.4 is 9.47 Å². The van der Waals surface area contributed by atoms with Crippen LogP contribution in [0.3, 0.4) is 0 Å². The number of carbonyl (C=O) groups is 1. The summed E-state index contributed by atoms with van der Waals surface area (Å²) in [6.07, 6.45) is -4.04. The highest BCUT2D eigenvalue weighted by molar-refractivity contribution is 5.96. The Labute approximate surface area is 138 Å². The van der Waals surface area contributed by atoms with Crippen LogP contribution in [0.25, 0.3) is 0 Å². The van der Waals surface area contributed by atoms with Gasteiger partial charge in [0.25, 0.3) is 0 Å². The first-order chi connectivity index (χ1) is 11.3. The molecule has 0 spiro atoms. The summed E-state index contributed by atoms with van der Waals surface area (Å²) in [5, 5.41) is 0. The molecule has 0 aromatic heterocycles. The first kappa shape index (κ1) is 17.8. The number of carbonyl (C=O) groups excluding carboxylic acids is 1. The van der Waals surface area contributed by atoms with E-state index in [1.54, 1.807) is 24.3 Å². The highest BCUT2D eigenvalue weighted by atomic mass is 19.4. The second-order valence-corrected chi connectivity index (χ2v) is 5.19. The van der Waals surface area contributed by atoms with Crippen molar-refractivity contribution < 1.29 is 27.4 Å². The fourth-order valence-corrected chi connectivity index (χ4v) is 2.32. The second-order valence-electron chi connectivity index (χ2n) is 5.19. The molecule has 0 fully saturated rings. The smallest absolute Gasteiger partial charge is 0.416 e. The molecule has 0 aliphatic rings. The van der Waals surface area contributed by atoms with Crippen LogP contribution in [0.1, 0.15) is 27.9 Å². The molecule has 0 heterocycles. The highest BCUT2D eigenvalue weighted by Gasteiger charge is 2.30. The maximum Gasteiger partial charge on any atom is 0.416 e. The van der Waals surface area contributed by atoms with Crippen molar-refractivity contribution in [1.82, 2.24) is 0 Å². The highest BCUT2D eigenvalue weighted by Crippen LogP contribution is 2.30. The topological polar surface area (TPSA) is 35.5 Å². The molecule has 2 rings (SSSR count).